The predicted molar refractivity (Wildman–Crippen MR) is 111 cm³/mol. The summed E-state index contributed by atoms with van der Waals surface area (Å²) in [5.74, 6) is 1.02. The number of aromatic nitrogens is 2. The number of amides is 1. The van der Waals surface area contributed by atoms with Crippen LogP contribution in [0.15, 0.2) is 46.3 Å². The van der Waals surface area contributed by atoms with Crippen LogP contribution >= 0.6 is 11.3 Å². The maximum atomic E-state index is 12.2. The zero-order chi connectivity index (χ0) is 19.9. The van der Waals surface area contributed by atoms with Gasteiger partial charge < -0.3 is 14.7 Å². The topological polar surface area (TPSA) is 71.3 Å². The molecule has 2 aromatic heterocycles. The van der Waals surface area contributed by atoms with Crippen LogP contribution in [0.4, 0.5) is 0 Å². The van der Waals surface area contributed by atoms with Crippen molar-refractivity contribution in [3.05, 3.63) is 58.1 Å². The van der Waals surface area contributed by atoms with Gasteiger partial charge in [-0.1, -0.05) is 42.4 Å². The first-order chi connectivity index (χ1) is 13.6. The Morgan fingerprint density at radius 1 is 1.25 bits per heavy atom. The van der Waals surface area contributed by atoms with Crippen LogP contribution in [0.3, 0.4) is 0 Å². The first kappa shape index (κ1) is 20.2. The summed E-state index contributed by atoms with van der Waals surface area (Å²) < 4.78 is 5.30. The average Bonchev–Trinajstić information content (AvgIpc) is 3.39. The molecule has 0 fully saturated rings. The molecule has 1 amide bonds. The highest BCUT2D eigenvalue weighted by Crippen LogP contribution is 2.22. The fourth-order valence-electron chi connectivity index (χ4n) is 2.90. The van der Waals surface area contributed by atoms with Crippen LogP contribution < -0.4 is 5.32 Å². The molecular weight excluding hydrogens is 372 g/mol. The molecule has 0 radical (unpaired) electrons. The van der Waals surface area contributed by atoms with Crippen LogP contribution in [0.1, 0.15) is 35.7 Å². The number of benzene rings is 1. The summed E-state index contributed by atoms with van der Waals surface area (Å²) >= 11 is 1.70. The SMILES string of the molecule is CCc1ccc(-c2noc(CCC(=O)NCC(c3cccs3)N(C)C)n2)cc1. The number of thiophene rings is 1. The number of nitrogens with one attached hydrogen (secondary N) is 1. The number of hydrogen-bond acceptors (Lipinski definition) is 6. The van der Waals surface area contributed by atoms with Crippen molar-refractivity contribution in [1.82, 2.24) is 20.4 Å². The lowest BCUT2D eigenvalue weighted by Gasteiger charge is -2.23. The van der Waals surface area contributed by atoms with Gasteiger partial charge in [-0.05, 0) is 37.5 Å². The number of aryl methyl sites for hydroxylation is 2. The molecule has 2 heterocycles. The van der Waals surface area contributed by atoms with E-state index in [0.717, 1.165) is 12.0 Å². The average molecular weight is 399 g/mol. The fraction of sp³-hybridized carbons (Fsp3) is 0.381. The van der Waals surface area contributed by atoms with Gasteiger partial charge in [0.25, 0.3) is 0 Å². The molecule has 28 heavy (non-hydrogen) atoms. The van der Waals surface area contributed by atoms with E-state index < -0.39 is 0 Å². The van der Waals surface area contributed by atoms with Crippen LogP contribution in [0.2, 0.25) is 0 Å². The predicted octanol–water partition coefficient (Wildman–Crippen LogP) is 3.71. The molecule has 3 aromatic rings. The molecule has 0 aliphatic carbocycles. The summed E-state index contributed by atoms with van der Waals surface area (Å²) in [6.45, 7) is 2.69. The molecule has 0 spiro atoms. The second kappa shape index (κ2) is 9.61. The Labute approximate surface area is 169 Å². The summed E-state index contributed by atoms with van der Waals surface area (Å²) in [5, 5.41) is 9.09. The van der Waals surface area contributed by atoms with E-state index in [4.69, 9.17) is 4.52 Å². The minimum atomic E-state index is -0.0181. The van der Waals surface area contributed by atoms with E-state index in [1.54, 1.807) is 11.3 Å². The molecule has 148 valence electrons. The highest BCUT2D eigenvalue weighted by Gasteiger charge is 2.17. The van der Waals surface area contributed by atoms with Gasteiger partial charge in [0.15, 0.2) is 0 Å². The third kappa shape index (κ3) is 5.27. The highest BCUT2D eigenvalue weighted by atomic mass is 32.1. The van der Waals surface area contributed by atoms with Crippen molar-refractivity contribution in [3.63, 3.8) is 0 Å². The third-order valence-corrected chi connectivity index (χ3v) is 5.62. The van der Waals surface area contributed by atoms with Crippen molar-refractivity contribution in [2.24, 2.45) is 0 Å². The molecule has 6 nitrogen and oxygen atoms in total. The summed E-state index contributed by atoms with van der Waals surface area (Å²) in [6.07, 6.45) is 1.74. The van der Waals surface area contributed by atoms with E-state index in [2.05, 4.69) is 50.9 Å². The molecular formula is C21H26N4O2S. The molecule has 0 saturated heterocycles. The van der Waals surface area contributed by atoms with Crippen molar-refractivity contribution >= 4 is 17.2 Å². The molecule has 0 bridgehead atoms. The lowest BCUT2D eigenvalue weighted by Crippen LogP contribution is -2.34. The van der Waals surface area contributed by atoms with Crippen molar-refractivity contribution in [1.29, 1.82) is 0 Å². The Morgan fingerprint density at radius 2 is 2.04 bits per heavy atom. The molecule has 1 aromatic carbocycles. The Morgan fingerprint density at radius 3 is 2.68 bits per heavy atom. The van der Waals surface area contributed by atoms with Gasteiger partial charge in [-0.2, -0.15) is 4.98 Å². The number of likely N-dealkylation sites (N-methyl/N-ethyl adjacent to an activating group) is 1. The van der Waals surface area contributed by atoms with Gasteiger partial charge in [0, 0.05) is 29.8 Å². The van der Waals surface area contributed by atoms with E-state index in [1.807, 2.05) is 32.3 Å². The number of nitrogens with zero attached hydrogens (tertiary/aromatic N) is 3. The van der Waals surface area contributed by atoms with Crippen LogP contribution in [-0.4, -0.2) is 41.6 Å². The van der Waals surface area contributed by atoms with E-state index in [0.29, 0.717) is 31.1 Å². The number of carbonyl (C=O) groups excluding carboxylic acids is 1. The van der Waals surface area contributed by atoms with Gasteiger partial charge in [0.1, 0.15) is 0 Å². The summed E-state index contributed by atoms with van der Waals surface area (Å²) in [4.78, 5) is 20.0. The number of hydrogen-bond donors (Lipinski definition) is 1. The highest BCUT2D eigenvalue weighted by molar-refractivity contribution is 7.10. The van der Waals surface area contributed by atoms with E-state index in [9.17, 15) is 4.79 Å². The van der Waals surface area contributed by atoms with E-state index in [-0.39, 0.29) is 11.9 Å². The smallest absolute Gasteiger partial charge is 0.227 e. The second-order valence-electron chi connectivity index (χ2n) is 6.86. The molecule has 3 rings (SSSR count). The third-order valence-electron chi connectivity index (χ3n) is 4.64. The standard InChI is InChI=1S/C21H26N4O2S/c1-4-15-7-9-16(10-8-15)21-23-20(27-24-21)12-11-19(26)22-14-17(25(2)3)18-6-5-13-28-18/h5-10,13,17H,4,11-12,14H2,1-3H3,(H,22,26). The lowest BCUT2D eigenvalue weighted by atomic mass is 10.1. The molecule has 0 aliphatic rings. The normalized spacial score (nSPS) is 12.3. The minimum Gasteiger partial charge on any atom is -0.354 e. The van der Waals surface area contributed by atoms with Crippen LogP contribution in [0.25, 0.3) is 11.4 Å². The molecule has 0 aliphatic heterocycles. The van der Waals surface area contributed by atoms with Crippen LogP contribution in [0.5, 0.6) is 0 Å². The van der Waals surface area contributed by atoms with Crippen molar-refractivity contribution in [2.75, 3.05) is 20.6 Å². The van der Waals surface area contributed by atoms with Gasteiger partial charge >= 0.3 is 0 Å². The summed E-state index contributed by atoms with van der Waals surface area (Å²) in [7, 11) is 4.03. The Hall–Kier alpha value is -2.51. The molecule has 0 saturated carbocycles. The first-order valence-electron chi connectivity index (χ1n) is 9.45. The number of carbonyl (C=O) groups is 1. The molecule has 7 heteroatoms. The number of rotatable bonds is 9. The van der Waals surface area contributed by atoms with Gasteiger partial charge in [0.2, 0.25) is 17.6 Å². The van der Waals surface area contributed by atoms with Gasteiger partial charge in [0.05, 0.1) is 6.04 Å². The van der Waals surface area contributed by atoms with Crippen molar-refractivity contribution in [2.45, 2.75) is 32.2 Å². The van der Waals surface area contributed by atoms with Gasteiger partial charge in [-0.25, -0.2) is 0 Å². The molecule has 1 N–H and O–H groups in total. The van der Waals surface area contributed by atoms with Crippen LogP contribution in [0, 0.1) is 0 Å². The van der Waals surface area contributed by atoms with Crippen molar-refractivity contribution < 1.29 is 9.32 Å². The maximum Gasteiger partial charge on any atom is 0.227 e. The Kier molecular flexibility index (Phi) is 6.95. The maximum absolute atomic E-state index is 12.2. The minimum absolute atomic E-state index is 0.0181. The quantitative estimate of drug-likeness (QED) is 0.595. The summed E-state index contributed by atoms with van der Waals surface area (Å²) in [5.41, 5.74) is 2.18. The van der Waals surface area contributed by atoms with Crippen molar-refractivity contribution in [3.8, 4) is 11.4 Å². The second-order valence-corrected chi connectivity index (χ2v) is 7.84. The zero-order valence-corrected chi connectivity index (χ0v) is 17.3. The Bertz CT molecular complexity index is 872. The molecule has 1 atom stereocenters. The monoisotopic (exact) mass is 398 g/mol. The van der Waals surface area contributed by atoms with E-state index >= 15 is 0 Å². The van der Waals surface area contributed by atoms with Gasteiger partial charge in [-0.3, -0.25) is 4.79 Å². The van der Waals surface area contributed by atoms with E-state index in [1.165, 1.54) is 10.4 Å². The lowest BCUT2D eigenvalue weighted by molar-refractivity contribution is -0.121. The fourth-order valence-corrected chi connectivity index (χ4v) is 3.82. The molecule has 1 unspecified atom stereocenters. The summed E-state index contributed by atoms with van der Waals surface area (Å²) in [6, 6.07) is 12.4. The largest absolute Gasteiger partial charge is 0.354 e. The van der Waals surface area contributed by atoms with Crippen LogP contribution in [-0.2, 0) is 17.6 Å². The van der Waals surface area contributed by atoms with Gasteiger partial charge in [-0.15, -0.1) is 11.3 Å². The Balaban J connectivity index is 1.50. The zero-order valence-electron chi connectivity index (χ0n) is 16.5. The first-order valence-corrected chi connectivity index (χ1v) is 10.3.